The molecule has 2 aliphatic rings. The highest BCUT2D eigenvalue weighted by Crippen LogP contribution is 2.14. The van der Waals surface area contributed by atoms with Gasteiger partial charge in [-0.1, -0.05) is 6.07 Å². The number of benzene rings is 2. The van der Waals surface area contributed by atoms with E-state index < -0.39 is 11.9 Å². The van der Waals surface area contributed by atoms with Gasteiger partial charge in [0.05, 0.1) is 25.9 Å². The van der Waals surface area contributed by atoms with E-state index in [1.165, 1.54) is 42.5 Å². The smallest absolute Gasteiger partial charge is 0.254 e. The zero-order valence-electron chi connectivity index (χ0n) is 20.9. The number of rotatable bonds is 11. The molecule has 0 bridgehead atoms. The van der Waals surface area contributed by atoms with Crippen LogP contribution in [0.3, 0.4) is 0 Å². The lowest BCUT2D eigenvalue weighted by atomic mass is 10.1. The largest absolute Gasteiger partial charge is 0.491 e. The number of halogens is 2. The van der Waals surface area contributed by atoms with Crippen molar-refractivity contribution in [3.8, 4) is 5.75 Å². The predicted molar refractivity (Wildman–Crippen MR) is 134 cm³/mol. The Balaban J connectivity index is 1.32. The maximum atomic E-state index is 13.8. The second-order valence-electron chi connectivity index (χ2n) is 9.39. The van der Waals surface area contributed by atoms with Gasteiger partial charge < -0.3 is 24.2 Å². The lowest BCUT2D eigenvalue weighted by Gasteiger charge is -2.37. The second kappa shape index (κ2) is 13.8. The van der Waals surface area contributed by atoms with Gasteiger partial charge in [-0.2, -0.15) is 0 Å². The summed E-state index contributed by atoms with van der Waals surface area (Å²) in [5.41, 5.74) is 0.308. The third-order valence-corrected chi connectivity index (χ3v) is 6.52. The number of amides is 1. The van der Waals surface area contributed by atoms with Gasteiger partial charge in [-0.05, 0) is 42.5 Å². The average Bonchev–Trinajstić information content (AvgIpc) is 2.91. The molecule has 1 amide bonds. The first-order chi connectivity index (χ1) is 18.0. The van der Waals surface area contributed by atoms with Crippen LogP contribution in [-0.4, -0.2) is 117 Å². The van der Waals surface area contributed by atoms with Gasteiger partial charge in [0.15, 0.2) is 0 Å². The van der Waals surface area contributed by atoms with Crippen molar-refractivity contribution < 1.29 is 32.9 Å². The molecule has 0 saturated carbocycles. The van der Waals surface area contributed by atoms with E-state index >= 15 is 0 Å². The number of hydrogen-bond donors (Lipinski definition) is 1. The summed E-state index contributed by atoms with van der Waals surface area (Å²) >= 11 is 0. The van der Waals surface area contributed by atoms with Gasteiger partial charge in [-0.3, -0.25) is 14.6 Å². The summed E-state index contributed by atoms with van der Waals surface area (Å²) in [6.45, 7) is 6.64. The number of ether oxygens (including phenoxy) is 3. The standard InChI is InChI=1S/C27H35F2N3O5/c28-22-4-6-25(7-5-22)37-20-24(33)17-31-12-15-36-26(18-31)19-32(9-8-30-10-13-35-14-11-30)27(34)21-2-1-3-23(29)16-21/h1-7,16,24,26,33H,8-15,17-20H2/t24-,26+/m1/s1. The van der Waals surface area contributed by atoms with Crippen molar-refractivity contribution in [3.63, 3.8) is 0 Å². The van der Waals surface area contributed by atoms with Gasteiger partial charge in [0.25, 0.3) is 5.91 Å². The van der Waals surface area contributed by atoms with E-state index in [1.54, 1.807) is 11.0 Å². The molecule has 2 aliphatic heterocycles. The van der Waals surface area contributed by atoms with Crippen molar-refractivity contribution >= 4 is 5.91 Å². The Kier molecular flexibility index (Phi) is 10.2. The van der Waals surface area contributed by atoms with E-state index in [0.717, 1.165) is 13.1 Å². The van der Waals surface area contributed by atoms with Crippen LogP contribution in [0.2, 0.25) is 0 Å². The van der Waals surface area contributed by atoms with Gasteiger partial charge in [-0.15, -0.1) is 0 Å². The summed E-state index contributed by atoms with van der Waals surface area (Å²) in [5.74, 6) is -0.536. The highest BCUT2D eigenvalue weighted by atomic mass is 19.1. The average molecular weight is 520 g/mol. The molecule has 0 aliphatic carbocycles. The molecule has 10 heteroatoms. The summed E-state index contributed by atoms with van der Waals surface area (Å²) in [7, 11) is 0. The second-order valence-corrected chi connectivity index (χ2v) is 9.39. The van der Waals surface area contributed by atoms with Crippen LogP contribution >= 0.6 is 0 Å². The summed E-state index contributed by atoms with van der Waals surface area (Å²) in [4.78, 5) is 19.4. The van der Waals surface area contributed by atoms with Crippen LogP contribution in [0.4, 0.5) is 8.78 Å². The van der Waals surface area contributed by atoms with Crippen molar-refractivity contribution in [2.45, 2.75) is 12.2 Å². The van der Waals surface area contributed by atoms with Crippen molar-refractivity contribution in [1.29, 1.82) is 0 Å². The monoisotopic (exact) mass is 519 g/mol. The van der Waals surface area contributed by atoms with Gasteiger partial charge in [-0.25, -0.2) is 8.78 Å². The van der Waals surface area contributed by atoms with Crippen LogP contribution in [0.1, 0.15) is 10.4 Å². The van der Waals surface area contributed by atoms with Gasteiger partial charge in [0, 0.05) is 57.9 Å². The third kappa shape index (κ3) is 8.72. The number of aliphatic hydroxyl groups is 1. The van der Waals surface area contributed by atoms with Crippen LogP contribution < -0.4 is 4.74 Å². The highest BCUT2D eigenvalue weighted by molar-refractivity contribution is 5.94. The maximum absolute atomic E-state index is 13.8. The molecule has 2 aromatic rings. The van der Waals surface area contributed by atoms with E-state index in [1.807, 2.05) is 0 Å². The molecule has 2 atom stereocenters. The molecule has 0 radical (unpaired) electrons. The summed E-state index contributed by atoms with van der Waals surface area (Å²) in [5, 5.41) is 10.5. The molecular weight excluding hydrogens is 484 g/mol. The van der Waals surface area contributed by atoms with Crippen LogP contribution in [0.15, 0.2) is 48.5 Å². The number of carbonyl (C=O) groups excluding carboxylic acids is 1. The Morgan fingerprint density at radius 2 is 1.81 bits per heavy atom. The number of carbonyl (C=O) groups is 1. The summed E-state index contributed by atoms with van der Waals surface area (Å²) in [6.07, 6.45) is -0.990. The predicted octanol–water partition coefficient (Wildman–Crippen LogP) is 1.88. The van der Waals surface area contributed by atoms with Crippen molar-refractivity contribution in [2.75, 3.05) is 78.8 Å². The van der Waals surface area contributed by atoms with Gasteiger partial charge in [0.2, 0.25) is 0 Å². The minimum Gasteiger partial charge on any atom is -0.491 e. The molecule has 0 aromatic heterocycles. The third-order valence-electron chi connectivity index (χ3n) is 6.52. The number of nitrogens with zero attached hydrogens (tertiary/aromatic N) is 3. The minimum atomic E-state index is -0.741. The van der Waals surface area contributed by atoms with Crippen LogP contribution in [0.25, 0.3) is 0 Å². The first-order valence-corrected chi connectivity index (χ1v) is 12.7. The Hall–Kier alpha value is -2.63. The maximum Gasteiger partial charge on any atom is 0.254 e. The van der Waals surface area contributed by atoms with E-state index in [-0.39, 0.29) is 24.4 Å². The molecule has 2 saturated heterocycles. The fraction of sp³-hybridized carbons (Fsp3) is 0.519. The molecule has 0 spiro atoms. The highest BCUT2D eigenvalue weighted by Gasteiger charge is 2.27. The molecule has 2 heterocycles. The van der Waals surface area contributed by atoms with Crippen molar-refractivity contribution in [1.82, 2.24) is 14.7 Å². The Morgan fingerprint density at radius 3 is 2.57 bits per heavy atom. The molecule has 2 fully saturated rings. The van der Waals surface area contributed by atoms with Crippen LogP contribution in [0.5, 0.6) is 5.75 Å². The Bertz CT molecular complexity index is 990. The summed E-state index contributed by atoms with van der Waals surface area (Å²) < 4.78 is 43.8. The molecule has 1 N–H and O–H groups in total. The number of morpholine rings is 2. The number of hydrogen-bond acceptors (Lipinski definition) is 7. The number of aliphatic hydroxyl groups excluding tert-OH is 1. The minimum absolute atomic E-state index is 0.0807. The molecule has 0 unspecified atom stereocenters. The van der Waals surface area contributed by atoms with Crippen LogP contribution in [-0.2, 0) is 9.47 Å². The fourth-order valence-electron chi connectivity index (χ4n) is 4.54. The van der Waals surface area contributed by atoms with Gasteiger partial charge in [0.1, 0.15) is 30.1 Å². The zero-order chi connectivity index (χ0) is 26.0. The first-order valence-electron chi connectivity index (χ1n) is 12.7. The molecule has 37 heavy (non-hydrogen) atoms. The Morgan fingerprint density at radius 1 is 1.05 bits per heavy atom. The quantitative estimate of drug-likeness (QED) is 0.486. The molecular formula is C27H35F2N3O5. The summed E-state index contributed by atoms with van der Waals surface area (Å²) in [6, 6.07) is 11.4. The fourth-order valence-corrected chi connectivity index (χ4v) is 4.54. The topological polar surface area (TPSA) is 74.7 Å². The molecule has 202 valence electrons. The molecule has 4 rings (SSSR count). The van der Waals surface area contributed by atoms with Crippen LogP contribution in [0, 0.1) is 11.6 Å². The van der Waals surface area contributed by atoms with E-state index in [9.17, 15) is 18.7 Å². The number of β-amino-alcohol motifs (C(OH)–C–C–N with tert-alkyl or cyclic N) is 1. The van der Waals surface area contributed by atoms with E-state index in [0.29, 0.717) is 70.4 Å². The SMILES string of the molecule is O=C(c1cccc(F)c1)N(CCN1CCOCC1)C[C@@H]1CN(C[C@@H](O)COc2ccc(F)cc2)CCO1. The van der Waals surface area contributed by atoms with E-state index in [2.05, 4.69) is 9.80 Å². The normalized spacial score (nSPS) is 19.9. The Labute approximate surface area is 216 Å². The van der Waals surface area contributed by atoms with Crippen molar-refractivity contribution in [3.05, 3.63) is 65.7 Å². The van der Waals surface area contributed by atoms with Crippen molar-refractivity contribution in [2.24, 2.45) is 0 Å². The lowest BCUT2D eigenvalue weighted by Crippen LogP contribution is -2.52. The first kappa shape index (κ1) is 27.4. The lowest BCUT2D eigenvalue weighted by molar-refractivity contribution is -0.0545. The van der Waals surface area contributed by atoms with Gasteiger partial charge >= 0.3 is 0 Å². The van der Waals surface area contributed by atoms with E-state index in [4.69, 9.17) is 14.2 Å². The zero-order valence-corrected chi connectivity index (χ0v) is 20.9. The molecule has 2 aromatic carbocycles. The molecule has 8 nitrogen and oxygen atoms in total.